The van der Waals surface area contributed by atoms with Crippen molar-refractivity contribution in [1.82, 2.24) is 5.32 Å². The molecule has 1 N–H and O–H groups in total. The van der Waals surface area contributed by atoms with E-state index >= 15 is 0 Å². The molecule has 2 aromatic rings. The van der Waals surface area contributed by atoms with Crippen LogP contribution in [0.5, 0.6) is 0 Å². The highest BCUT2D eigenvalue weighted by Gasteiger charge is 2.14. The molecule has 0 unspecified atom stereocenters. The topological polar surface area (TPSA) is 64.6 Å². The Balaban J connectivity index is 1.84. The minimum atomic E-state index is -0.551. The van der Waals surface area contributed by atoms with Crippen molar-refractivity contribution in [3.05, 3.63) is 70.2 Å². The molecular formula is C19H20ClNO4. The van der Waals surface area contributed by atoms with E-state index in [2.05, 4.69) is 5.32 Å². The molecule has 132 valence electrons. The number of halogens is 1. The van der Waals surface area contributed by atoms with Gasteiger partial charge >= 0.3 is 5.97 Å². The van der Waals surface area contributed by atoms with E-state index in [4.69, 9.17) is 21.1 Å². The van der Waals surface area contributed by atoms with Gasteiger partial charge < -0.3 is 14.8 Å². The summed E-state index contributed by atoms with van der Waals surface area (Å²) in [6, 6.07) is 13.8. The molecule has 1 atom stereocenters. The number of hydrogen-bond donors (Lipinski definition) is 1. The second-order valence-corrected chi connectivity index (χ2v) is 5.92. The predicted molar refractivity (Wildman–Crippen MR) is 95.4 cm³/mol. The molecule has 2 aromatic carbocycles. The summed E-state index contributed by atoms with van der Waals surface area (Å²) >= 11 is 6.10. The Morgan fingerprint density at radius 2 is 1.80 bits per heavy atom. The molecule has 5 nitrogen and oxygen atoms in total. The van der Waals surface area contributed by atoms with Gasteiger partial charge in [0.2, 0.25) is 0 Å². The van der Waals surface area contributed by atoms with Gasteiger partial charge in [-0.25, -0.2) is 4.79 Å². The lowest BCUT2D eigenvalue weighted by atomic mass is 10.1. The summed E-state index contributed by atoms with van der Waals surface area (Å²) in [6.45, 7) is 1.93. The zero-order chi connectivity index (χ0) is 18.2. The normalized spacial score (nSPS) is 11.6. The Bertz CT molecular complexity index is 730. The third-order valence-corrected chi connectivity index (χ3v) is 3.93. The van der Waals surface area contributed by atoms with Gasteiger partial charge in [0.15, 0.2) is 6.61 Å². The van der Waals surface area contributed by atoms with E-state index in [1.165, 1.54) is 0 Å². The second-order valence-electron chi connectivity index (χ2n) is 5.52. The van der Waals surface area contributed by atoms with Gasteiger partial charge in [0.25, 0.3) is 5.91 Å². The summed E-state index contributed by atoms with van der Waals surface area (Å²) in [7, 11) is 1.60. The Kier molecular flexibility index (Phi) is 6.98. The van der Waals surface area contributed by atoms with Crippen LogP contribution in [0.2, 0.25) is 5.02 Å². The lowest BCUT2D eigenvalue weighted by Gasteiger charge is -2.15. The first-order valence-electron chi connectivity index (χ1n) is 7.80. The van der Waals surface area contributed by atoms with E-state index in [0.717, 1.165) is 11.1 Å². The number of nitrogens with one attached hydrogen (secondary N) is 1. The monoisotopic (exact) mass is 361 g/mol. The molecule has 0 aliphatic rings. The van der Waals surface area contributed by atoms with Crippen LogP contribution in [0.4, 0.5) is 0 Å². The quantitative estimate of drug-likeness (QED) is 0.766. The number of rotatable bonds is 7. The second kappa shape index (κ2) is 9.20. The molecule has 0 fully saturated rings. The molecule has 0 aliphatic heterocycles. The zero-order valence-corrected chi connectivity index (χ0v) is 14.9. The van der Waals surface area contributed by atoms with Gasteiger partial charge in [-0.1, -0.05) is 41.9 Å². The van der Waals surface area contributed by atoms with Gasteiger partial charge in [-0.2, -0.15) is 0 Å². The Morgan fingerprint density at radius 1 is 1.12 bits per heavy atom. The molecule has 0 saturated carbocycles. The van der Waals surface area contributed by atoms with Crippen molar-refractivity contribution in [3.8, 4) is 0 Å². The first-order chi connectivity index (χ1) is 12.0. The maximum absolute atomic E-state index is 12.0. The highest BCUT2D eigenvalue weighted by atomic mass is 35.5. The van der Waals surface area contributed by atoms with Crippen molar-refractivity contribution < 1.29 is 19.1 Å². The van der Waals surface area contributed by atoms with Crippen LogP contribution in [0.1, 0.15) is 34.5 Å². The van der Waals surface area contributed by atoms with Gasteiger partial charge in [0.1, 0.15) is 0 Å². The summed E-state index contributed by atoms with van der Waals surface area (Å²) < 4.78 is 10.1. The van der Waals surface area contributed by atoms with E-state index in [9.17, 15) is 9.59 Å². The first kappa shape index (κ1) is 19.0. The number of amides is 1. The van der Waals surface area contributed by atoms with Crippen LogP contribution in [0.25, 0.3) is 0 Å². The Morgan fingerprint density at radius 3 is 2.44 bits per heavy atom. The lowest BCUT2D eigenvalue weighted by Crippen LogP contribution is -2.31. The summed E-state index contributed by atoms with van der Waals surface area (Å²) in [5, 5.41) is 3.33. The number of hydrogen-bond acceptors (Lipinski definition) is 4. The largest absolute Gasteiger partial charge is 0.452 e. The molecule has 0 heterocycles. The molecule has 6 heteroatoms. The SMILES string of the molecule is COCc1ccc(C(=O)OCC(=O)N[C@H](C)c2ccccc2Cl)cc1. The number of ether oxygens (including phenoxy) is 2. The summed E-state index contributed by atoms with van der Waals surface area (Å²) in [5.41, 5.74) is 2.13. The van der Waals surface area contributed by atoms with Crippen molar-refractivity contribution in [2.45, 2.75) is 19.6 Å². The minimum absolute atomic E-state index is 0.284. The highest BCUT2D eigenvalue weighted by Crippen LogP contribution is 2.21. The molecule has 1 amide bonds. The number of esters is 1. The van der Waals surface area contributed by atoms with E-state index in [1.807, 2.05) is 25.1 Å². The third kappa shape index (κ3) is 5.59. The number of carbonyl (C=O) groups is 2. The van der Waals surface area contributed by atoms with Crippen LogP contribution < -0.4 is 5.32 Å². The van der Waals surface area contributed by atoms with Crippen molar-refractivity contribution in [1.29, 1.82) is 0 Å². The van der Waals surface area contributed by atoms with Crippen molar-refractivity contribution in [3.63, 3.8) is 0 Å². The fraction of sp³-hybridized carbons (Fsp3) is 0.263. The summed E-state index contributed by atoms with van der Waals surface area (Å²) in [6.07, 6.45) is 0. The van der Waals surface area contributed by atoms with Gasteiger partial charge in [0, 0.05) is 12.1 Å². The molecule has 25 heavy (non-hydrogen) atoms. The average molecular weight is 362 g/mol. The maximum Gasteiger partial charge on any atom is 0.338 e. The van der Waals surface area contributed by atoms with E-state index in [1.54, 1.807) is 37.4 Å². The number of carbonyl (C=O) groups excluding carboxylic acids is 2. The van der Waals surface area contributed by atoms with Crippen LogP contribution in [-0.4, -0.2) is 25.6 Å². The van der Waals surface area contributed by atoms with Crippen molar-refractivity contribution >= 4 is 23.5 Å². The minimum Gasteiger partial charge on any atom is -0.452 e. The van der Waals surface area contributed by atoms with Crippen molar-refractivity contribution in [2.24, 2.45) is 0 Å². The predicted octanol–water partition coefficient (Wildman–Crippen LogP) is 3.52. The molecule has 0 aliphatic carbocycles. The van der Waals surface area contributed by atoms with Crippen LogP contribution in [0.3, 0.4) is 0 Å². The van der Waals surface area contributed by atoms with Crippen LogP contribution in [-0.2, 0) is 20.9 Å². The highest BCUT2D eigenvalue weighted by molar-refractivity contribution is 6.31. The Hall–Kier alpha value is -2.37. The molecule has 0 saturated heterocycles. The standard InChI is InChI=1S/C19H20ClNO4/c1-13(16-5-3-4-6-17(16)20)21-18(22)12-25-19(23)15-9-7-14(8-10-15)11-24-2/h3-10,13H,11-12H2,1-2H3,(H,21,22)/t13-/m1/s1. The van der Waals surface area contributed by atoms with E-state index in [0.29, 0.717) is 17.2 Å². The van der Waals surface area contributed by atoms with E-state index in [-0.39, 0.29) is 12.6 Å². The maximum atomic E-state index is 12.0. The van der Waals surface area contributed by atoms with Crippen LogP contribution >= 0.6 is 11.6 Å². The molecule has 2 rings (SSSR count). The van der Waals surface area contributed by atoms with Gasteiger partial charge in [-0.3, -0.25) is 4.79 Å². The number of methoxy groups -OCH3 is 1. The van der Waals surface area contributed by atoms with Gasteiger partial charge in [-0.05, 0) is 36.2 Å². The van der Waals surface area contributed by atoms with Crippen LogP contribution in [0, 0.1) is 0 Å². The zero-order valence-electron chi connectivity index (χ0n) is 14.1. The van der Waals surface area contributed by atoms with Crippen molar-refractivity contribution in [2.75, 3.05) is 13.7 Å². The molecule has 0 radical (unpaired) electrons. The fourth-order valence-corrected chi connectivity index (χ4v) is 2.60. The molecule has 0 spiro atoms. The van der Waals surface area contributed by atoms with Crippen LogP contribution in [0.15, 0.2) is 48.5 Å². The third-order valence-electron chi connectivity index (χ3n) is 3.58. The smallest absolute Gasteiger partial charge is 0.338 e. The lowest BCUT2D eigenvalue weighted by molar-refractivity contribution is -0.124. The molecule has 0 bridgehead atoms. The molecular weight excluding hydrogens is 342 g/mol. The summed E-state index contributed by atoms with van der Waals surface area (Å²) in [4.78, 5) is 23.9. The summed E-state index contributed by atoms with van der Waals surface area (Å²) in [5.74, 6) is -0.943. The van der Waals surface area contributed by atoms with Gasteiger partial charge in [0.05, 0.1) is 18.2 Å². The number of benzene rings is 2. The van der Waals surface area contributed by atoms with Gasteiger partial charge in [-0.15, -0.1) is 0 Å². The first-order valence-corrected chi connectivity index (χ1v) is 8.18. The molecule has 0 aromatic heterocycles. The Labute approximate surface area is 151 Å². The van der Waals surface area contributed by atoms with E-state index < -0.39 is 11.9 Å². The fourth-order valence-electron chi connectivity index (χ4n) is 2.31. The average Bonchev–Trinajstić information content (AvgIpc) is 2.61.